The van der Waals surface area contributed by atoms with E-state index in [4.69, 9.17) is 61.3 Å². The largest absolute Gasteiger partial charge is 2.00 e. The maximum atomic E-state index is 10.1. The molecule has 17 heteroatoms. The van der Waals surface area contributed by atoms with Crippen molar-refractivity contribution < 1.29 is 98.1 Å². The molecule has 0 saturated heterocycles. The molecule has 0 heterocycles. The Morgan fingerprint density at radius 2 is 0.742 bits per heavy atom. The van der Waals surface area contributed by atoms with Gasteiger partial charge in [-0.1, -0.05) is 0 Å². The van der Waals surface area contributed by atoms with Crippen molar-refractivity contribution in [2.75, 3.05) is 13.2 Å². The summed E-state index contributed by atoms with van der Waals surface area (Å²) in [5.74, 6) is -4.07. The van der Waals surface area contributed by atoms with Crippen molar-refractivity contribution in [2.24, 2.45) is 0 Å². The molecule has 189 valence electrons. The smallest absolute Gasteiger partial charge is 0.547 e. The molecule has 0 bridgehead atoms. The molecule has 0 spiro atoms. The topological polar surface area (TPSA) is 323 Å². The average molecular weight is 514 g/mol. The first kappa shape index (κ1) is 34.6. The molecule has 0 amide bonds. The molecule has 31 heavy (non-hydrogen) atoms. The second kappa shape index (κ2) is 16.6. The van der Waals surface area contributed by atoms with Gasteiger partial charge in [-0.05, 0) is 0 Å². The van der Waals surface area contributed by atoms with Crippen LogP contribution in [0.25, 0.3) is 0 Å². The molecule has 1 radical (unpaired) electrons. The second-order valence-electron chi connectivity index (χ2n) is 5.97. The van der Waals surface area contributed by atoms with Crippen LogP contribution in [0.3, 0.4) is 0 Å². The van der Waals surface area contributed by atoms with Crippen LogP contribution in [0, 0.1) is 0 Å². The molecule has 0 aromatic heterocycles. The quantitative estimate of drug-likeness (QED) is 0.108. The molecule has 0 saturated carbocycles. The number of hydrogen-bond donors (Lipinski definition) is 12. The SMILES string of the molecule is O=C([O-])C(O)C(O)C(O)C(O)C(O)CO.O=C([O-])C(O)C(O)C(O)C(O)C(O)CO.[Cu+2]. The minimum atomic E-state index is -2.40. The summed E-state index contributed by atoms with van der Waals surface area (Å²) in [6.45, 7) is -1.79. The monoisotopic (exact) mass is 513 g/mol. The number of carbonyl (C=O) groups is 2. The zero-order valence-electron chi connectivity index (χ0n) is 15.5. The molecule has 0 aromatic rings. The fraction of sp³-hybridized carbons (Fsp3) is 0.857. The Balaban J connectivity index is -0.000000490. The molecule has 12 N–H and O–H groups in total. The maximum absolute atomic E-state index is 10.1. The molecule has 10 unspecified atom stereocenters. The van der Waals surface area contributed by atoms with E-state index in [1.165, 1.54) is 0 Å². The normalized spacial score (nSPS) is 20.8. The van der Waals surface area contributed by atoms with Gasteiger partial charge in [-0.15, -0.1) is 0 Å². The van der Waals surface area contributed by atoms with Gasteiger partial charge < -0.3 is 81.1 Å². The van der Waals surface area contributed by atoms with Crippen molar-refractivity contribution in [3.63, 3.8) is 0 Å². The summed E-state index contributed by atoms with van der Waals surface area (Å²) < 4.78 is 0. The molecular formula is C14H26CuO16. The summed E-state index contributed by atoms with van der Waals surface area (Å²) in [4.78, 5) is 20.2. The zero-order chi connectivity index (χ0) is 24.3. The van der Waals surface area contributed by atoms with Gasteiger partial charge in [0.25, 0.3) is 0 Å². The molecular weight excluding hydrogens is 488 g/mol. The summed E-state index contributed by atoms with van der Waals surface area (Å²) in [6.07, 6.45) is -21.0. The van der Waals surface area contributed by atoms with E-state index < -0.39 is 86.2 Å². The van der Waals surface area contributed by atoms with Crippen LogP contribution in [0.4, 0.5) is 0 Å². The molecule has 0 aromatic carbocycles. The molecule has 16 nitrogen and oxygen atoms in total. The first-order valence-electron chi connectivity index (χ1n) is 8.09. The van der Waals surface area contributed by atoms with E-state index in [0.717, 1.165) is 0 Å². The van der Waals surface area contributed by atoms with Gasteiger partial charge in [-0.2, -0.15) is 0 Å². The van der Waals surface area contributed by atoms with Gasteiger partial charge in [-0.3, -0.25) is 0 Å². The predicted octanol–water partition coefficient (Wildman–Crippen LogP) is -10.9. The van der Waals surface area contributed by atoms with E-state index in [0.29, 0.717) is 0 Å². The van der Waals surface area contributed by atoms with Crippen LogP contribution in [0.2, 0.25) is 0 Å². The third-order valence-corrected chi connectivity index (χ3v) is 3.69. The Bertz CT molecular complexity index is 465. The summed E-state index contributed by atoms with van der Waals surface area (Å²) in [7, 11) is 0. The van der Waals surface area contributed by atoms with Crippen LogP contribution in [-0.2, 0) is 26.7 Å². The van der Waals surface area contributed by atoms with Crippen LogP contribution in [-0.4, -0.2) is 147 Å². The van der Waals surface area contributed by atoms with Gasteiger partial charge in [0.15, 0.2) is 0 Å². The van der Waals surface area contributed by atoms with E-state index in [-0.39, 0.29) is 17.1 Å². The standard InChI is InChI=1S/2C7H14O8.Cu/c2*8-1-2(9)3(10)4(11)5(12)6(13)7(14)15;/h2*2-6,8-13H,1H2,(H,14,15);/q;;+2/p-2. The van der Waals surface area contributed by atoms with E-state index >= 15 is 0 Å². The van der Waals surface area contributed by atoms with Crippen molar-refractivity contribution in [3.8, 4) is 0 Å². The second-order valence-corrected chi connectivity index (χ2v) is 5.97. The minimum absolute atomic E-state index is 0. The Kier molecular flexibility index (Phi) is 18.5. The third kappa shape index (κ3) is 11.4. The number of hydrogen-bond acceptors (Lipinski definition) is 16. The first-order valence-corrected chi connectivity index (χ1v) is 8.09. The number of carboxylic acid groups (broad SMARTS) is 2. The number of carbonyl (C=O) groups excluding carboxylic acids is 2. The number of aliphatic hydroxyl groups excluding tert-OH is 12. The van der Waals surface area contributed by atoms with Crippen molar-refractivity contribution in [2.45, 2.75) is 61.0 Å². The van der Waals surface area contributed by atoms with Crippen LogP contribution >= 0.6 is 0 Å². The minimum Gasteiger partial charge on any atom is -0.547 e. The summed E-state index contributed by atoms with van der Waals surface area (Å²) >= 11 is 0. The van der Waals surface area contributed by atoms with Crippen molar-refractivity contribution >= 4 is 11.9 Å². The van der Waals surface area contributed by atoms with E-state index in [9.17, 15) is 19.8 Å². The molecule has 10 atom stereocenters. The summed E-state index contributed by atoms with van der Waals surface area (Å²) in [5, 5.41) is 126. The Morgan fingerprint density at radius 1 is 0.516 bits per heavy atom. The Hall–Kier alpha value is -1.02. The fourth-order valence-corrected chi connectivity index (χ4v) is 1.73. The van der Waals surface area contributed by atoms with Gasteiger partial charge >= 0.3 is 17.1 Å². The van der Waals surface area contributed by atoms with E-state index in [2.05, 4.69) is 0 Å². The van der Waals surface area contributed by atoms with Crippen LogP contribution in [0.5, 0.6) is 0 Å². The first-order chi connectivity index (χ1) is 13.6. The maximum Gasteiger partial charge on any atom is 2.00 e. The fourth-order valence-electron chi connectivity index (χ4n) is 1.73. The average Bonchev–Trinajstić information content (AvgIpc) is 2.73. The van der Waals surface area contributed by atoms with Gasteiger partial charge in [0.1, 0.15) is 61.0 Å². The van der Waals surface area contributed by atoms with Gasteiger partial charge in [0.05, 0.1) is 25.2 Å². The van der Waals surface area contributed by atoms with Gasteiger partial charge in [0.2, 0.25) is 0 Å². The van der Waals surface area contributed by atoms with E-state index in [1.54, 1.807) is 0 Å². The Labute approximate surface area is 185 Å². The molecule has 0 aliphatic rings. The number of aliphatic hydroxyl groups is 12. The van der Waals surface area contributed by atoms with E-state index in [1.807, 2.05) is 0 Å². The van der Waals surface area contributed by atoms with Crippen molar-refractivity contribution in [1.29, 1.82) is 0 Å². The molecule has 0 aliphatic heterocycles. The van der Waals surface area contributed by atoms with Gasteiger partial charge in [0, 0.05) is 0 Å². The Morgan fingerprint density at radius 3 is 0.903 bits per heavy atom. The number of aliphatic carboxylic acids is 2. The number of rotatable bonds is 12. The van der Waals surface area contributed by atoms with Crippen LogP contribution in [0.15, 0.2) is 0 Å². The number of carboxylic acids is 2. The van der Waals surface area contributed by atoms with Crippen molar-refractivity contribution in [3.05, 3.63) is 0 Å². The third-order valence-electron chi connectivity index (χ3n) is 3.69. The predicted molar refractivity (Wildman–Crippen MR) is 84.3 cm³/mol. The zero-order valence-corrected chi connectivity index (χ0v) is 16.4. The molecule has 0 rings (SSSR count). The van der Waals surface area contributed by atoms with Gasteiger partial charge in [-0.25, -0.2) is 0 Å². The summed E-state index contributed by atoms with van der Waals surface area (Å²) in [6, 6.07) is 0. The van der Waals surface area contributed by atoms with Crippen LogP contribution < -0.4 is 10.2 Å². The van der Waals surface area contributed by atoms with Crippen LogP contribution in [0.1, 0.15) is 0 Å². The van der Waals surface area contributed by atoms with Crippen molar-refractivity contribution in [1.82, 2.24) is 0 Å². The summed E-state index contributed by atoms with van der Waals surface area (Å²) in [5.41, 5.74) is 0. The molecule has 0 fully saturated rings. The molecule has 0 aliphatic carbocycles.